The van der Waals surface area contributed by atoms with Crippen LogP contribution in [0.25, 0.3) is 0 Å². The van der Waals surface area contributed by atoms with E-state index in [-0.39, 0.29) is 20.8 Å². The first-order valence-corrected chi connectivity index (χ1v) is 7.82. The van der Waals surface area contributed by atoms with E-state index in [9.17, 15) is 9.90 Å². The number of carbonyl (C=O) groups is 1. The number of phenols is 1. The molecule has 0 bridgehead atoms. The normalized spacial score (nSPS) is 10.7. The number of benzene rings is 1. The molecular weight excluding hydrogens is 339 g/mol. The summed E-state index contributed by atoms with van der Waals surface area (Å²) >= 11 is 17.8. The highest BCUT2D eigenvalue weighted by Crippen LogP contribution is 2.47. The molecule has 1 rings (SSSR count). The summed E-state index contributed by atoms with van der Waals surface area (Å²) in [7, 11) is 0. The van der Waals surface area contributed by atoms with Crippen LogP contribution in [0.5, 0.6) is 11.5 Å². The number of hydrogen-bond donors (Lipinski definition) is 2. The van der Waals surface area contributed by atoms with Crippen LogP contribution in [0.3, 0.4) is 0 Å². The van der Waals surface area contributed by atoms with Gasteiger partial charge in [-0.2, -0.15) is 0 Å². The first-order chi connectivity index (χ1) is 9.90. The first kappa shape index (κ1) is 18.2. The van der Waals surface area contributed by atoms with Crippen molar-refractivity contribution in [2.45, 2.75) is 45.4 Å². The molecule has 21 heavy (non-hydrogen) atoms. The van der Waals surface area contributed by atoms with Crippen molar-refractivity contribution >= 4 is 41.0 Å². The second kappa shape index (κ2) is 8.57. The van der Waals surface area contributed by atoms with Crippen molar-refractivity contribution in [2.24, 2.45) is 0 Å². The first-order valence-electron chi connectivity index (χ1n) is 6.69. The summed E-state index contributed by atoms with van der Waals surface area (Å²) in [4.78, 5) is 10.7. The van der Waals surface area contributed by atoms with E-state index in [4.69, 9.17) is 39.9 Å². The Balaban J connectivity index is 3.01. The Kier molecular flexibility index (Phi) is 7.43. The summed E-state index contributed by atoms with van der Waals surface area (Å²) in [6.45, 7) is 2.12. The number of unbranched alkanes of at least 4 members (excludes halogenated alkanes) is 4. The molecule has 0 aromatic heterocycles. The number of rotatable bonds is 7. The lowest BCUT2D eigenvalue weighted by Crippen LogP contribution is -2.07. The lowest BCUT2D eigenvalue weighted by atomic mass is 10.0. The number of carboxylic acid groups (broad SMARTS) is 1. The fraction of sp³-hybridized carbons (Fsp3) is 0.500. The molecule has 0 aliphatic carbocycles. The predicted molar refractivity (Wildman–Crippen MR) is 84.3 cm³/mol. The Morgan fingerprint density at radius 3 is 2.24 bits per heavy atom. The second-order valence-electron chi connectivity index (χ2n) is 4.63. The van der Waals surface area contributed by atoms with Crippen LogP contribution < -0.4 is 4.74 Å². The molecule has 0 saturated carbocycles. The Labute approximate surface area is 138 Å². The monoisotopic (exact) mass is 354 g/mol. The van der Waals surface area contributed by atoms with E-state index in [1.54, 1.807) is 0 Å². The van der Waals surface area contributed by atoms with E-state index in [2.05, 4.69) is 11.7 Å². The highest BCUT2D eigenvalue weighted by molar-refractivity contribution is 6.49. The molecule has 0 saturated heterocycles. The van der Waals surface area contributed by atoms with Gasteiger partial charge in [-0.1, -0.05) is 67.4 Å². The standard InChI is InChI=1S/C14H17Cl3O4/c1-2-3-4-5-6-7-8-9(15)10(16)11(17)12(18)13(8)21-14(19)20/h18H,2-7H2,1H3,(H,19,20). The molecule has 0 amide bonds. The third-order valence-corrected chi connectivity index (χ3v) is 4.42. The smallest absolute Gasteiger partial charge is 0.503 e. The largest absolute Gasteiger partial charge is 0.511 e. The molecular formula is C14H17Cl3O4. The maximum Gasteiger partial charge on any atom is 0.511 e. The number of ether oxygens (including phenoxy) is 1. The van der Waals surface area contributed by atoms with Crippen molar-refractivity contribution in [1.29, 1.82) is 0 Å². The van der Waals surface area contributed by atoms with Crippen LogP contribution in [0.1, 0.15) is 44.6 Å². The van der Waals surface area contributed by atoms with Crippen LogP contribution in [0.15, 0.2) is 0 Å². The van der Waals surface area contributed by atoms with Gasteiger partial charge in [0.15, 0.2) is 11.5 Å². The SMILES string of the molecule is CCCCCCCc1c(Cl)c(Cl)c(Cl)c(O)c1OC(=O)O. The van der Waals surface area contributed by atoms with Gasteiger partial charge in [-0.3, -0.25) is 0 Å². The number of phenolic OH excluding ortho intramolecular Hbond substituents is 1. The molecule has 7 heteroatoms. The van der Waals surface area contributed by atoms with Crippen molar-refractivity contribution in [3.05, 3.63) is 20.6 Å². The Morgan fingerprint density at radius 2 is 1.67 bits per heavy atom. The molecule has 0 atom stereocenters. The molecule has 4 nitrogen and oxygen atoms in total. The van der Waals surface area contributed by atoms with E-state index in [1.165, 1.54) is 0 Å². The van der Waals surface area contributed by atoms with Crippen molar-refractivity contribution in [3.8, 4) is 11.5 Å². The zero-order valence-electron chi connectivity index (χ0n) is 11.6. The summed E-state index contributed by atoms with van der Waals surface area (Å²) in [5.41, 5.74) is 0.363. The Hall–Kier alpha value is -0.840. The van der Waals surface area contributed by atoms with Crippen molar-refractivity contribution in [3.63, 3.8) is 0 Å². The predicted octanol–water partition coefficient (Wildman–Crippen LogP) is 5.92. The summed E-state index contributed by atoms with van der Waals surface area (Å²) < 4.78 is 4.61. The molecule has 1 aromatic carbocycles. The van der Waals surface area contributed by atoms with E-state index in [0.717, 1.165) is 32.1 Å². The zero-order chi connectivity index (χ0) is 16.0. The summed E-state index contributed by atoms with van der Waals surface area (Å²) in [6.07, 6.45) is 4.00. The molecule has 0 heterocycles. The zero-order valence-corrected chi connectivity index (χ0v) is 13.9. The molecule has 0 spiro atoms. The molecule has 118 valence electrons. The van der Waals surface area contributed by atoms with Gasteiger partial charge in [0.1, 0.15) is 5.02 Å². The average molecular weight is 356 g/mol. The molecule has 0 aliphatic heterocycles. The highest BCUT2D eigenvalue weighted by Gasteiger charge is 2.23. The van der Waals surface area contributed by atoms with Crippen LogP contribution in [-0.2, 0) is 6.42 Å². The van der Waals surface area contributed by atoms with Gasteiger partial charge < -0.3 is 14.9 Å². The van der Waals surface area contributed by atoms with Crippen LogP contribution in [0, 0.1) is 0 Å². The lowest BCUT2D eigenvalue weighted by molar-refractivity contribution is 0.142. The third kappa shape index (κ3) is 4.83. The van der Waals surface area contributed by atoms with Gasteiger partial charge in [0.05, 0.1) is 10.0 Å². The maximum atomic E-state index is 10.7. The minimum atomic E-state index is -1.55. The highest BCUT2D eigenvalue weighted by atomic mass is 35.5. The van der Waals surface area contributed by atoms with Crippen molar-refractivity contribution in [2.75, 3.05) is 0 Å². The maximum absolute atomic E-state index is 10.7. The summed E-state index contributed by atoms with van der Waals surface area (Å²) in [6, 6.07) is 0. The van der Waals surface area contributed by atoms with Crippen LogP contribution in [0.2, 0.25) is 15.1 Å². The minimum absolute atomic E-state index is 0.00266. The van der Waals surface area contributed by atoms with Gasteiger partial charge >= 0.3 is 6.16 Å². The van der Waals surface area contributed by atoms with Gasteiger partial charge in [-0.05, 0) is 12.8 Å². The van der Waals surface area contributed by atoms with Crippen molar-refractivity contribution < 1.29 is 19.7 Å². The molecule has 0 radical (unpaired) electrons. The van der Waals surface area contributed by atoms with Crippen molar-refractivity contribution in [1.82, 2.24) is 0 Å². The fourth-order valence-corrected chi connectivity index (χ4v) is 2.71. The minimum Gasteiger partial charge on any atom is -0.503 e. The van der Waals surface area contributed by atoms with E-state index in [1.807, 2.05) is 0 Å². The molecule has 1 aromatic rings. The van der Waals surface area contributed by atoms with Gasteiger partial charge in [0.2, 0.25) is 0 Å². The van der Waals surface area contributed by atoms with Crippen LogP contribution in [0.4, 0.5) is 4.79 Å². The Bertz CT molecular complexity index is 518. The average Bonchev–Trinajstić information content (AvgIpc) is 2.44. The van der Waals surface area contributed by atoms with Gasteiger partial charge in [-0.15, -0.1) is 0 Å². The molecule has 2 N–H and O–H groups in total. The topological polar surface area (TPSA) is 66.8 Å². The summed E-state index contributed by atoms with van der Waals surface area (Å²) in [5, 5.41) is 18.6. The molecule has 0 aliphatic rings. The Morgan fingerprint density at radius 1 is 1.05 bits per heavy atom. The lowest BCUT2D eigenvalue weighted by Gasteiger charge is -2.15. The van der Waals surface area contributed by atoms with E-state index >= 15 is 0 Å². The number of aromatic hydroxyl groups is 1. The van der Waals surface area contributed by atoms with Gasteiger partial charge in [0.25, 0.3) is 0 Å². The van der Waals surface area contributed by atoms with Gasteiger partial charge in [0, 0.05) is 5.56 Å². The third-order valence-electron chi connectivity index (χ3n) is 3.07. The summed E-state index contributed by atoms with van der Waals surface area (Å²) in [5.74, 6) is -0.741. The fourth-order valence-electron chi connectivity index (χ4n) is 2.00. The quantitative estimate of drug-likeness (QED) is 0.275. The second-order valence-corrected chi connectivity index (χ2v) is 5.76. The van der Waals surface area contributed by atoms with E-state index in [0.29, 0.717) is 12.0 Å². The van der Waals surface area contributed by atoms with Gasteiger partial charge in [-0.25, -0.2) is 4.79 Å². The molecule has 0 unspecified atom stereocenters. The van der Waals surface area contributed by atoms with E-state index < -0.39 is 11.9 Å². The van der Waals surface area contributed by atoms with Crippen LogP contribution in [-0.4, -0.2) is 16.4 Å². The number of hydrogen-bond acceptors (Lipinski definition) is 3. The van der Waals surface area contributed by atoms with Crippen LogP contribution >= 0.6 is 34.8 Å². The number of halogens is 3. The molecule has 0 fully saturated rings.